The zero-order chi connectivity index (χ0) is 14.3. The Morgan fingerprint density at radius 2 is 2.00 bits per heavy atom. The Hall–Kier alpha value is -1.65. The maximum Gasteiger partial charge on any atom is 0.256 e. The number of anilines is 1. The summed E-state index contributed by atoms with van der Waals surface area (Å²) in [5, 5.41) is 3.17. The highest BCUT2D eigenvalue weighted by Gasteiger charge is 2.12. The average Bonchev–Trinajstić information content (AvgIpc) is 2.44. The number of unbranched alkanes of at least 4 members (excludes halogenated alkanes) is 1. The van der Waals surface area contributed by atoms with Crippen molar-refractivity contribution in [3.8, 4) is 0 Å². The molecule has 0 bridgehead atoms. The van der Waals surface area contributed by atoms with E-state index in [0.717, 1.165) is 25.8 Å². The lowest BCUT2D eigenvalue weighted by Crippen LogP contribution is -2.28. The number of nitrogens with zero attached hydrogens (tertiary/aromatic N) is 3. The summed E-state index contributed by atoms with van der Waals surface area (Å²) >= 11 is 0. The number of aromatic nitrogens is 2. The molecule has 0 fully saturated rings. The van der Waals surface area contributed by atoms with Gasteiger partial charge in [0.2, 0.25) is 5.95 Å². The fourth-order valence-electron chi connectivity index (χ4n) is 1.55. The molecule has 0 spiro atoms. The average molecular weight is 264 g/mol. The van der Waals surface area contributed by atoms with Crippen molar-refractivity contribution in [3.63, 3.8) is 0 Å². The number of nitrogens with one attached hydrogen (secondary N) is 1. The zero-order valence-electron chi connectivity index (χ0n) is 12.3. The molecule has 1 unspecified atom stereocenters. The van der Waals surface area contributed by atoms with Crippen LogP contribution in [0.2, 0.25) is 0 Å². The van der Waals surface area contributed by atoms with E-state index in [1.165, 1.54) is 0 Å². The number of carbonyl (C=O) groups excluding carboxylic acids is 1. The van der Waals surface area contributed by atoms with E-state index >= 15 is 0 Å². The molecule has 1 heterocycles. The van der Waals surface area contributed by atoms with Gasteiger partial charge in [0.15, 0.2) is 0 Å². The van der Waals surface area contributed by atoms with E-state index in [1.54, 1.807) is 17.3 Å². The number of amides is 1. The molecule has 1 atom stereocenters. The number of hydrogen-bond acceptors (Lipinski definition) is 4. The van der Waals surface area contributed by atoms with Crippen LogP contribution >= 0.6 is 0 Å². The summed E-state index contributed by atoms with van der Waals surface area (Å²) in [5.74, 6) is 0.547. The SMILES string of the molecule is CCCCN(C)C(=O)c1cnc(NC(C)CC)nc1. The van der Waals surface area contributed by atoms with Gasteiger partial charge in [-0.1, -0.05) is 20.3 Å². The predicted octanol–water partition coefficient (Wildman–Crippen LogP) is 2.56. The van der Waals surface area contributed by atoms with Crippen molar-refractivity contribution >= 4 is 11.9 Å². The van der Waals surface area contributed by atoms with Crippen molar-refractivity contribution in [2.75, 3.05) is 18.9 Å². The molecule has 1 amide bonds. The van der Waals surface area contributed by atoms with E-state index in [4.69, 9.17) is 0 Å². The lowest BCUT2D eigenvalue weighted by molar-refractivity contribution is 0.0792. The van der Waals surface area contributed by atoms with Gasteiger partial charge in [0.1, 0.15) is 0 Å². The smallest absolute Gasteiger partial charge is 0.256 e. The first-order valence-corrected chi connectivity index (χ1v) is 6.92. The lowest BCUT2D eigenvalue weighted by atomic mass is 10.2. The van der Waals surface area contributed by atoms with Crippen LogP contribution in [-0.4, -0.2) is 40.4 Å². The molecule has 0 saturated carbocycles. The fraction of sp³-hybridized carbons (Fsp3) is 0.643. The van der Waals surface area contributed by atoms with Gasteiger partial charge in [-0.05, 0) is 19.8 Å². The van der Waals surface area contributed by atoms with Gasteiger partial charge < -0.3 is 10.2 Å². The molecule has 0 aliphatic heterocycles. The molecule has 1 aromatic heterocycles. The third-order valence-corrected chi connectivity index (χ3v) is 3.08. The minimum Gasteiger partial charge on any atom is -0.352 e. The monoisotopic (exact) mass is 264 g/mol. The summed E-state index contributed by atoms with van der Waals surface area (Å²) in [5.41, 5.74) is 0.535. The number of carbonyl (C=O) groups is 1. The Balaban J connectivity index is 2.62. The molecule has 1 N–H and O–H groups in total. The normalized spacial score (nSPS) is 12.0. The zero-order valence-corrected chi connectivity index (χ0v) is 12.3. The second-order valence-corrected chi connectivity index (χ2v) is 4.83. The molecular weight excluding hydrogens is 240 g/mol. The Labute approximate surface area is 115 Å². The molecule has 5 heteroatoms. The van der Waals surface area contributed by atoms with E-state index in [1.807, 2.05) is 7.05 Å². The molecule has 0 saturated heterocycles. The topological polar surface area (TPSA) is 58.1 Å². The van der Waals surface area contributed by atoms with Crippen LogP contribution < -0.4 is 5.32 Å². The first kappa shape index (κ1) is 15.4. The van der Waals surface area contributed by atoms with Gasteiger partial charge in [0, 0.05) is 32.0 Å². The van der Waals surface area contributed by atoms with E-state index in [2.05, 4.69) is 36.1 Å². The maximum absolute atomic E-state index is 12.1. The molecule has 106 valence electrons. The molecule has 1 rings (SSSR count). The minimum atomic E-state index is -0.0245. The molecule has 5 nitrogen and oxygen atoms in total. The summed E-state index contributed by atoms with van der Waals surface area (Å²) in [6.07, 6.45) is 6.26. The van der Waals surface area contributed by atoms with Crippen LogP contribution in [0, 0.1) is 0 Å². The summed E-state index contributed by atoms with van der Waals surface area (Å²) in [6.45, 7) is 7.04. The Morgan fingerprint density at radius 1 is 1.37 bits per heavy atom. The van der Waals surface area contributed by atoms with Crippen LogP contribution in [0.3, 0.4) is 0 Å². The van der Waals surface area contributed by atoms with Gasteiger partial charge in [-0.3, -0.25) is 4.79 Å². The third-order valence-electron chi connectivity index (χ3n) is 3.08. The molecule has 0 aromatic carbocycles. The van der Waals surface area contributed by atoms with Gasteiger partial charge in [-0.15, -0.1) is 0 Å². The lowest BCUT2D eigenvalue weighted by Gasteiger charge is -2.16. The minimum absolute atomic E-state index is 0.0245. The van der Waals surface area contributed by atoms with Crippen LogP contribution in [0.4, 0.5) is 5.95 Å². The van der Waals surface area contributed by atoms with Gasteiger partial charge in [-0.2, -0.15) is 0 Å². The molecule has 0 aliphatic carbocycles. The van der Waals surface area contributed by atoms with Crippen molar-refractivity contribution in [3.05, 3.63) is 18.0 Å². The molecule has 0 aliphatic rings. The van der Waals surface area contributed by atoms with Gasteiger partial charge in [0.05, 0.1) is 5.56 Å². The Bertz CT molecular complexity index is 391. The highest BCUT2D eigenvalue weighted by molar-refractivity contribution is 5.93. The molecular formula is C14H24N4O. The second-order valence-electron chi connectivity index (χ2n) is 4.83. The summed E-state index contributed by atoms with van der Waals surface area (Å²) in [4.78, 5) is 22.1. The summed E-state index contributed by atoms with van der Waals surface area (Å²) in [7, 11) is 1.81. The summed E-state index contributed by atoms with van der Waals surface area (Å²) in [6, 6.07) is 0.328. The quantitative estimate of drug-likeness (QED) is 0.822. The Kier molecular flexibility index (Phi) is 6.25. The third kappa shape index (κ3) is 4.85. The number of hydrogen-bond donors (Lipinski definition) is 1. The first-order valence-electron chi connectivity index (χ1n) is 6.92. The predicted molar refractivity (Wildman–Crippen MR) is 77.3 cm³/mol. The number of rotatable bonds is 7. The molecule has 19 heavy (non-hydrogen) atoms. The summed E-state index contributed by atoms with van der Waals surface area (Å²) < 4.78 is 0. The standard InChI is InChI=1S/C14H24N4O/c1-5-7-8-18(4)13(19)12-9-15-14(16-10-12)17-11(3)6-2/h9-11H,5-8H2,1-4H3,(H,15,16,17). The van der Waals surface area contributed by atoms with E-state index in [9.17, 15) is 4.79 Å². The van der Waals surface area contributed by atoms with Crippen LogP contribution in [0.25, 0.3) is 0 Å². The van der Waals surface area contributed by atoms with Crippen molar-refractivity contribution in [2.45, 2.75) is 46.1 Å². The van der Waals surface area contributed by atoms with Gasteiger partial charge >= 0.3 is 0 Å². The largest absolute Gasteiger partial charge is 0.352 e. The van der Waals surface area contributed by atoms with E-state index < -0.39 is 0 Å². The van der Waals surface area contributed by atoms with E-state index in [-0.39, 0.29) is 5.91 Å². The second kappa shape index (κ2) is 7.71. The fourth-order valence-corrected chi connectivity index (χ4v) is 1.55. The highest BCUT2D eigenvalue weighted by atomic mass is 16.2. The van der Waals surface area contributed by atoms with Crippen LogP contribution in [0.1, 0.15) is 50.4 Å². The maximum atomic E-state index is 12.1. The first-order chi connectivity index (χ1) is 9.08. The molecule has 1 aromatic rings. The van der Waals surface area contributed by atoms with Crippen LogP contribution in [-0.2, 0) is 0 Å². The van der Waals surface area contributed by atoms with Crippen molar-refractivity contribution in [1.29, 1.82) is 0 Å². The van der Waals surface area contributed by atoms with Gasteiger partial charge in [-0.25, -0.2) is 9.97 Å². The Morgan fingerprint density at radius 3 is 2.53 bits per heavy atom. The van der Waals surface area contributed by atoms with Crippen LogP contribution in [0.5, 0.6) is 0 Å². The van der Waals surface area contributed by atoms with Crippen molar-refractivity contribution < 1.29 is 4.79 Å². The highest BCUT2D eigenvalue weighted by Crippen LogP contribution is 2.06. The van der Waals surface area contributed by atoms with E-state index in [0.29, 0.717) is 17.6 Å². The van der Waals surface area contributed by atoms with Crippen molar-refractivity contribution in [1.82, 2.24) is 14.9 Å². The molecule has 0 radical (unpaired) electrons. The van der Waals surface area contributed by atoms with Crippen LogP contribution in [0.15, 0.2) is 12.4 Å². The van der Waals surface area contributed by atoms with Gasteiger partial charge in [0.25, 0.3) is 5.91 Å². The van der Waals surface area contributed by atoms with Crippen molar-refractivity contribution in [2.24, 2.45) is 0 Å².